The minimum atomic E-state index is -4.43. The summed E-state index contributed by atoms with van der Waals surface area (Å²) in [6.07, 6.45) is -4.43. The normalized spacial score (nSPS) is 11.5. The van der Waals surface area contributed by atoms with E-state index in [2.05, 4.69) is 6.92 Å². The van der Waals surface area contributed by atoms with E-state index in [4.69, 9.17) is 11.6 Å². The molecule has 2 aromatic rings. The van der Waals surface area contributed by atoms with Crippen molar-refractivity contribution in [1.82, 2.24) is 0 Å². The number of rotatable bonds is 2. The van der Waals surface area contributed by atoms with Gasteiger partial charge in [0, 0.05) is 11.1 Å². The Hall–Kier alpha value is -1.81. The first-order valence-corrected chi connectivity index (χ1v) is 6.42. The maximum Gasteiger partial charge on any atom is 0.416 e. The number of carbonyl (C=O) groups excluding carboxylic acids is 1. The molecule has 109 valence electrons. The Labute approximate surface area is 125 Å². The van der Waals surface area contributed by atoms with Crippen LogP contribution in [0.2, 0.25) is 5.02 Å². The first-order chi connectivity index (χ1) is 9.70. The summed E-state index contributed by atoms with van der Waals surface area (Å²) in [5.41, 5.74) is 0.947. The second-order valence-corrected chi connectivity index (χ2v) is 5.08. The summed E-state index contributed by atoms with van der Waals surface area (Å²) in [7, 11) is 0. The highest BCUT2D eigenvalue weighted by molar-refractivity contribution is 6.35. The molecule has 0 spiro atoms. The zero-order valence-corrected chi connectivity index (χ0v) is 11.8. The summed E-state index contributed by atoms with van der Waals surface area (Å²) in [4.78, 5) is 12.4. The molecule has 0 aromatic heterocycles. The lowest BCUT2D eigenvalue weighted by Gasteiger charge is -2.10. The van der Waals surface area contributed by atoms with Crippen molar-refractivity contribution in [2.75, 3.05) is 0 Å². The molecular weight excluding hydrogens is 301 g/mol. The fraction of sp³-hybridized carbons (Fsp3) is 0.125. The Balaban J connectivity index is 2.42. The highest BCUT2D eigenvalue weighted by atomic mass is 35.5. The van der Waals surface area contributed by atoms with Gasteiger partial charge in [0.2, 0.25) is 0 Å². The van der Waals surface area contributed by atoms with Crippen molar-refractivity contribution in [3.63, 3.8) is 0 Å². The number of hydrogen-bond acceptors (Lipinski definition) is 1. The van der Waals surface area contributed by atoms with Crippen LogP contribution in [-0.4, -0.2) is 5.78 Å². The summed E-state index contributed by atoms with van der Waals surface area (Å²) in [5, 5.41) is 0.241. The average molecular weight is 312 g/mol. The molecule has 2 rings (SSSR count). The number of alkyl halides is 3. The zero-order valence-electron chi connectivity index (χ0n) is 11.1. The minimum absolute atomic E-state index is 0.157. The molecule has 0 aliphatic heterocycles. The van der Waals surface area contributed by atoms with Crippen LogP contribution >= 0.6 is 11.6 Å². The van der Waals surface area contributed by atoms with E-state index in [0.29, 0.717) is 11.1 Å². The van der Waals surface area contributed by atoms with E-state index in [0.717, 1.165) is 24.3 Å². The maximum absolute atomic E-state index is 12.5. The summed E-state index contributed by atoms with van der Waals surface area (Å²) < 4.78 is 37.5. The van der Waals surface area contributed by atoms with Gasteiger partial charge in [-0.1, -0.05) is 29.8 Å². The second-order valence-electron chi connectivity index (χ2n) is 4.67. The maximum atomic E-state index is 12.5. The average Bonchev–Trinajstić information content (AvgIpc) is 2.36. The summed E-state index contributed by atoms with van der Waals surface area (Å²) in [5.74, 6) is -0.411. The van der Waals surface area contributed by atoms with Crippen molar-refractivity contribution in [3.8, 4) is 0 Å². The van der Waals surface area contributed by atoms with Crippen LogP contribution in [0.5, 0.6) is 0 Å². The molecule has 0 saturated carbocycles. The van der Waals surface area contributed by atoms with Gasteiger partial charge in [0.25, 0.3) is 0 Å². The molecule has 0 aliphatic carbocycles. The molecule has 5 heteroatoms. The van der Waals surface area contributed by atoms with Gasteiger partial charge in [-0.25, -0.2) is 0 Å². The van der Waals surface area contributed by atoms with Gasteiger partial charge in [-0.3, -0.25) is 4.79 Å². The van der Waals surface area contributed by atoms with Crippen LogP contribution in [0, 0.1) is 13.8 Å². The van der Waals surface area contributed by atoms with E-state index < -0.39 is 17.5 Å². The Morgan fingerprint density at radius 1 is 1.14 bits per heavy atom. The molecule has 0 aliphatic rings. The zero-order chi connectivity index (χ0) is 15.8. The molecule has 0 atom stereocenters. The lowest BCUT2D eigenvalue weighted by Crippen LogP contribution is -2.08. The predicted octanol–water partition coefficient (Wildman–Crippen LogP) is 5.08. The smallest absolute Gasteiger partial charge is 0.289 e. The summed E-state index contributed by atoms with van der Waals surface area (Å²) in [6.45, 7) is 5.44. The third-order valence-corrected chi connectivity index (χ3v) is 3.35. The molecule has 21 heavy (non-hydrogen) atoms. The number of hydrogen-bond donors (Lipinski definition) is 0. The molecule has 2 aromatic carbocycles. The number of halogens is 4. The van der Waals surface area contributed by atoms with E-state index in [1.165, 1.54) is 0 Å². The predicted molar refractivity (Wildman–Crippen MR) is 75.5 cm³/mol. The second kappa shape index (κ2) is 5.53. The first kappa shape index (κ1) is 15.6. The van der Waals surface area contributed by atoms with Crippen LogP contribution in [0.15, 0.2) is 36.4 Å². The number of benzene rings is 2. The molecule has 0 amide bonds. The molecule has 0 unspecified atom stereocenters. The van der Waals surface area contributed by atoms with Crippen molar-refractivity contribution >= 4 is 17.4 Å². The Morgan fingerprint density at radius 2 is 1.71 bits per heavy atom. The van der Waals surface area contributed by atoms with Gasteiger partial charge >= 0.3 is 6.18 Å². The molecule has 0 bridgehead atoms. The minimum Gasteiger partial charge on any atom is -0.289 e. The van der Waals surface area contributed by atoms with Crippen LogP contribution in [0.3, 0.4) is 0 Å². The third-order valence-electron chi connectivity index (χ3n) is 3.05. The fourth-order valence-corrected chi connectivity index (χ4v) is 2.43. The van der Waals surface area contributed by atoms with Gasteiger partial charge in [0.05, 0.1) is 10.6 Å². The highest BCUT2D eigenvalue weighted by Gasteiger charge is 2.30. The SMILES string of the molecule is [CH2]c1cc(C)c(C(=O)c2ccc(C(F)(F)F)cc2)c(Cl)c1. The van der Waals surface area contributed by atoms with E-state index in [1.807, 2.05) is 0 Å². The van der Waals surface area contributed by atoms with Crippen LogP contribution in [-0.2, 0) is 6.18 Å². The van der Waals surface area contributed by atoms with Crippen molar-refractivity contribution in [3.05, 3.63) is 76.2 Å². The third kappa shape index (κ3) is 3.27. The molecule has 1 nitrogen and oxygen atoms in total. The Kier molecular flexibility index (Phi) is 4.10. The van der Waals surface area contributed by atoms with Crippen molar-refractivity contribution < 1.29 is 18.0 Å². The lowest BCUT2D eigenvalue weighted by atomic mass is 9.97. The van der Waals surface area contributed by atoms with Crippen LogP contribution < -0.4 is 0 Å². The number of aryl methyl sites for hydroxylation is 1. The van der Waals surface area contributed by atoms with Gasteiger partial charge < -0.3 is 0 Å². The molecular formula is C16H11ClF3O. The molecule has 0 N–H and O–H groups in total. The van der Waals surface area contributed by atoms with Crippen molar-refractivity contribution in [1.29, 1.82) is 0 Å². The van der Waals surface area contributed by atoms with Gasteiger partial charge in [-0.2, -0.15) is 13.2 Å². The Bertz CT molecular complexity index is 665. The number of carbonyl (C=O) groups is 1. The molecule has 1 radical (unpaired) electrons. The van der Waals surface area contributed by atoms with Gasteiger partial charge in [0.15, 0.2) is 5.78 Å². The van der Waals surface area contributed by atoms with Crippen LogP contribution in [0.25, 0.3) is 0 Å². The quantitative estimate of drug-likeness (QED) is 0.707. The monoisotopic (exact) mass is 311 g/mol. The van der Waals surface area contributed by atoms with Crippen molar-refractivity contribution in [2.45, 2.75) is 13.1 Å². The Morgan fingerprint density at radius 3 is 2.19 bits per heavy atom. The van der Waals surface area contributed by atoms with Crippen LogP contribution in [0.4, 0.5) is 13.2 Å². The number of ketones is 1. The van der Waals surface area contributed by atoms with Gasteiger partial charge in [-0.15, -0.1) is 0 Å². The van der Waals surface area contributed by atoms with E-state index in [-0.39, 0.29) is 16.1 Å². The topological polar surface area (TPSA) is 17.1 Å². The van der Waals surface area contributed by atoms with Gasteiger partial charge in [0.1, 0.15) is 0 Å². The molecule has 0 fully saturated rings. The van der Waals surface area contributed by atoms with E-state index in [1.54, 1.807) is 19.1 Å². The summed E-state index contributed by atoms with van der Waals surface area (Å²) >= 11 is 6.04. The largest absolute Gasteiger partial charge is 0.416 e. The fourth-order valence-electron chi connectivity index (χ4n) is 2.06. The van der Waals surface area contributed by atoms with E-state index in [9.17, 15) is 18.0 Å². The first-order valence-electron chi connectivity index (χ1n) is 6.04. The van der Waals surface area contributed by atoms with E-state index >= 15 is 0 Å². The highest BCUT2D eigenvalue weighted by Crippen LogP contribution is 2.30. The van der Waals surface area contributed by atoms with Crippen LogP contribution in [0.1, 0.15) is 32.6 Å². The standard InChI is InChI=1S/C16H11ClF3O/c1-9-7-10(2)14(13(17)8-9)15(21)11-3-5-12(6-4-11)16(18,19)20/h3-8H,1H2,2H3. The molecule has 0 saturated heterocycles. The lowest BCUT2D eigenvalue weighted by molar-refractivity contribution is -0.137. The van der Waals surface area contributed by atoms with Gasteiger partial charge in [-0.05, 0) is 43.2 Å². The summed E-state index contributed by atoms with van der Waals surface area (Å²) in [6, 6.07) is 7.31. The molecule has 0 heterocycles. The van der Waals surface area contributed by atoms with Crippen molar-refractivity contribution in [2.24, 2.45) is 0 Å².